The number of carbonyl (C=O) groups excluding carboxylic acids is 1. The third-order valence-electron chi connectivity index (χ3n) is 4.53. The fourth-order valence-corrected chi connectivity index (χ4v) is 3.38. The standard InChI is InChI=1S/C17H23N3O/c1-11-4-2-5-12(8-11)10-19-17(21)15-9-13-6-3-7-14(18)16(13)20-15/h3,6-7,9,11-12,20H,2,4-5,8,10,18H2,1H3,(H,19,21). The van der Waals surface area contributed by atoms with Crippen LogP contribution in [0.3, 0.4) is 0 Å². The maximum absolute atomic E-state index is 12.3. The molecular weight excluding hydrogens is 262 g/mol. The van der Waals surface area contributed by atoms with Crippen LogP contribution in [0.25, 0.3) is 10.9 Å². The summed E-state index contributed by atoms with van der Waals surface area (Å²) in [6.07, 6.45) is 5.06. The van der Waals surface area contributed by atoms with Crippen molar-refractivity contribution in [2.45, 2.75) is 32.6 Å². The Labute approximate surface area is 125 Å². The zero-order valence-electron chi connectivity index (χ0n) is 12.5. The van der Waals surface area contributed by atoms with E-state index in [1.165, 1.54) is 25.7 Å². The van der Waals surface area contributed by atoms with Gasteiger partial charge in [-0.05, 0) is 36.8 Å². The first kappa shape index (κ1) is 14.0. The molecule has 4 N–H and O–H groups in total. The van der Waals surface area contributed by atoms with E-state index in [1.54, 1.807) is 0 Å². The third kappa shape index (κ3) is 3.04. The van der Waals surface area contributed by atoms with Crippen molar-refractivity contribution < 1.29 is 4.79 Å². The summed E-state index contributed by atoms with van der Waals surface area (Å²) in [6, 6.07) is 7.56. The second-order valence-electron chi connectivity index (χ2n) is 6.34. The van der Waals surface area contributed by atoms with Crippen LogP contribution in [-0.4, -0.2) is 17.4 Å². The van der Waals surface area contributed by atoms with Crippen molar-refractivity contribution >= 4 is 22.5 Å². The summed E-state index contributed by atoms with van der Waals surface area (Å²) in [5, 5.41) is 4.04. The van der Waals surface area contributed by atoms with Crippen molar-refractivity contribution in [1.29, 1.82) is 0 Å². The smallest absolute Gasteiger partial charge is 0.267 e. The number of carbonyl (C=O) groups is 1. The van der Waals surface area contributed by atoms with Crippen LogP contribution in [0.1, 0.15) is 43.1 Å². The van der Waals surface area contributed by atoms with Gasteiger partial charge in [-0.1, -0.05) is 31.9 Å². The Morgan fingerprint density at radius 1 is 1.43 bits per heavy atom. The van der Waals surface area contributed by atoms with E-state index >= 15 is 0 Å². The summed E-state index contributed by atoms with van der Waals surface area (Å²) < 4.78 is 0. The predicted molar refractivity (Wildman–Crippen MR) is 86.2 cm³/mol. The number of aromatic amines is 1. The van der Waals surface area contributed by atoms with Crippen LogP contribution in [0.2, 0.25) is 0 Å². The highest BCUT2D eigenvalue weighted by Crippen LogP contribution is 2.28. The van der Waals surface area contributed by atoms with Crippen LogP contribution >= 0.6 is 0 Å². The summed E-state index contributed by atoms with van der Waals surface area (Å²) in [5.74, 6) is 1.37. The monoisotopic (exact) mass is 285 g/mol. The van der Waals surface area contributed by atoms with Crippen molar-refractivity contribution in [3.63, 3.8) is 0 Å². The zero-order chi connectivity index (χ0) is 14.8. The SMILES string of the molecule is CC1CCCC(CNC(=O)c2cc3cccc(N)c3[nH]2)C1. The minimum atomic E-state index is -0.0381. The van der Waals surface area contributed by atoms with Gasteiger partial charge in [0, 0.05) is 11.9 Å². The first-order valence-corrected chi connectivity index (χ1v) is 7.79. The van der Waals surface area contributed by atoms with Crippen LogP contribution in [0.5, 0.6) is 0 Å². The molecule has 1 fully saturated rings. The number of hydrogen-bond acceptors (Lipinski definition) is 2. The van der Waals surface area contributed by atoms with Crippen molar-refractivity contribution in [2.75, 3.05) is 12.3 Å². The molecule has 1 aliphatic rings. The van der Waals surface area contributed by atoms with Crippen LogP contribution < -0.4 is 11.1 Å². The first-order chi connectivity index (χ1) is 10.1. The molecule has 1 aliphatic carbocycles. The lowest BCUT2D eigenvalue weighted by Crippen LogP contribution is -2.31. The molecule has 0 bridgehead atoms. The fourth-order valence-electron chi connectivity index (χ4n) is 3.38. The van der Waals surface area contributed by atoms with E-state index in [4.69, 9.17) is 5.73 Å². The highest BCUT2D eigenvalue weighted by molar-refractivity contribution is 6.00. The van der Waals surface area contributed by atoms with Gasteiger partial charge in [-0.3, -0.25) is 4.79 Å². The van der Waals surface area contributed by atoms with Gasteiger partial charge in [0.2, 0.25) is 0 Å². The Bertz CT molecular complexity index is 647. The normalized spacial score (nSPS) is 22.3. The number of nitrogens with two attached hydrogens (primary N) is 1. The van der Waals surface area contributed by atoms with E-state index in [0.717, 1.165) is 23.4 Å². The molecule has 2 atom stereocenters. The van der Waals surface area contributed by atoms with Gasteiger partial charge in [-0.25, -0.2) is 0 Å². The molecule has 2 aromatic rings. The Morgan fingerprint density at radius 2 is 2.29 bits per heavy atom. The molecule has 112 valence electrons. The average molecular weight is 285 g/mol. The van der Waals surface area contributed by atoms with E-state index in [2.05, 4.69) is 17.2 Å². The molecule has 1 saturated carbocycles. The van der Waals surface area contributed by atoms with Gasteiger partial charge in [0.25, 0.3) is 5.91 Å². The highest BCUT2D eigenvalue weighted by atomic mass is 16.1. The van der Waals surface area contributed by atoms with Crippen molar-refractivity contribution in [3.05, 3.63) is 30.0 Å². The average Bonchev–Trinajstić information content (AvgIpc) is 2.90. The quantitative estimate of drug-likeness (QED) is 0.757. The molecule has 0 spiro atoms. The lowest BCUT2D eigenvalue weighted by molar-refractivity contribution is 0.0936. The van der Waals surface area contributed by atoms with Crippen LogP contribution in [0, 0.1) is 11.8 Å². The number of nitrogen functional groups attached to an aromatic ring is 1. The molecule has 0 saturated heterocycles. The van der Waals surface area contributed by atoms with E-state index in [-0.39, 0.29) is 5.91 Å². The molecule has 0 radical (unpaired) electrons. The molecule has 1 aromatic carbocycles. The summed E-state index contributed by atoms with van der Waals surface area (Å²) >= 11 is 0. The number of benzene rings is 1. The van der Waals surface area contributed by atoms with Gasteiger partial charge in [-0.2, -0.15) is 0 Å². The number of hydrogen-bond donors (Lipinski definition) is 3. The second-order valence-corrected chi connectivity index (χ2v) is 6.34. The summed E-state index contributed by atoms with van der Waals surface area (Å²) in [5.41, 5.74) is 8.02. The Hall–Kier alpha value is -1.97. The van der Waals surface area contributed by atoms with E-state index in [9.17, 15) is 4.79 Å². The largest absolute Gasteiger partial charge is 0.397 e. The topological polar surface area (TPSA) is 70.9 Å². The van der Waals surface area contributed by atoms with Gasteiger partial charge < -0.3 is 16.0 Å². The summed E-state index contributed by atoms with van der Waals surface area (Å²) in [6.45, 7) is 3.07. The maximum atomic E-state index is 12.3. The van der Waals surface area contributed by atoms with Crippen LogP contribution in [-0.2, 0) is 0 Å². The maximum Gasteiger partial charge on any atom is 0.267 e. The van der Waals surface area contributed by atoms with Crippen molar-refractivity contribution in [1.82, 2.24) is 10.3 Å². The molecule has 1 amide bonds. The molecule has 4 heteroatoms. The number of amides is 1. The number of aromatic nitrogens is 1. The number of para-hydroxylation sites is 1. The minimum Gasteiger partial charge on any atom is -0.397 e. The Kier molecular flexibility index (Phi) is 3.86. The van der Waals surface area contributed by atoms with E-state index in [1.807, 2.05) is 24.3 Å². The Balaban J connectivity index is 1.65. The van der Waals surface area contributed by atoms with Gasteiger partial charge in [-0.15, -0.1) is 0 Å². The molecule has 1 heterocycles. The third-order valence-corrected chi connectivity index (χ3v) is 4.53. The molecule has 0 aliphatic heterocycles. The van der Waals surface area contributed by atoms with E-state index in [0.29, 0.717) is 17.3 Å². The second kappa shape index (κ2) is 5.80. The molecule has 21 heavy (non-hydrogen) atoms. The van der Waals surface area contributed by atoms with Crippen LogP contribution in [0.15, 0.2) is 24.3 Å². The molecular formula is C17H23N3O. The van der Waals surface area contributed by atoms with Crippen LogP contribution in [0.4, 0.5) is 5.69 Å². The lowest BCUT2D eigenvalue weighted by Gasteiger charge is -2.26. The first-order valence-electron chi connectivity index (χ1n) is 7.79. The number of rotatable bonds is 3. The zero-order valence-corrected chi connectivity index (χ0v) is 12.5. The van der Waals surface area contributed by atoms with Crippen molar-refractivity contribution in [3.8, 4) is 0 Å². The predicted octanol–water partition coefficient (Wildman–Crippen LogP) is 3.31. The van der Waals surface area contributed by atoms with Gasteiger partial charge in [0.1, 0.15) is 5.69 Å². The lowest BCUT2D eigenvalue weighted by atomic mass is 9.82. The highest BCUT2D eigenvalue weighted by Gasteiger charge is 2.20. The molecule has 2 unspecified atom stereocenters. The fraction of sp³-hybridized carbons (Fsp3) is 0.471. The number of fused-ring (bicyclic) bond motifs is 1. The number of H-pyrrole nitrogens is 1. The number of nitrogens with one attached hydrogen (secondary N) is 2. The molecule has 4 nitrogen and oxygen atoms in total. The van der Waals surface area contributed by atoms with Gasteiger partial charge in [0.15, 0.2) is 0 Å². The molecule has 3 rings (SSSR count). The summed E-state index contributed by atoms with van der Waals surface area (Å²) in [7, 11) is 0. The number of anilines is 1. The Morgan fingerprint density at radius 3 is 3.05 bits per heavy atom. The summed E-state index contributed by atoms with van der Waals surface area (Å²) in [4.78, 5) is 15.4. The van der Waals surface area contributed by atoms with Gasteiger partial charge >= 0.3 is 0 Å². The van der Waals surface area contributed by atoms with Gasteiger partial charge in [0.05, 0.1) is 11.2 Å². The minimum absolute atomic E-state index is 0.0381. The molecule has 1 aromatic heterocycles. The van der Waals surface area contributed by atoms with E-state index < -0.39 is 0 Å². The van der Waals surface area contributed by atoms with Crippen molar-refractivity contribution in [2.24, 2.45) is 11.8 Å².